The molecule has 0 radical (unpaired) electrons. The Morgan fingerprint density at radius 1 is 1.36 bits per heavy atom. The maximum atomic E-state index is 10.5. The Kier molecular flexibility index (Phi) is 6.21. The van der Waals surface area contributed by atoms with E-state index < -0.39 is 18.2 Å². The van der Waals surface area contributed by atoms with Crippen LogP contribution in [-0.2, 0) is 4.79 Å². The zero-order valence-corrected chi connectivity index (χ0v) is 13.3. The summed E-state index contributed by atoms with van der Waals surface area (Å²) in [5.74, 6) is 0.631. The van der Waals surface area contributed by atoms with Gasteiger partial charge in [-0.2, -0.15) is 0 Å². The van der Waals surface area contributed by atoms with Gasteiger partial charge in [0.25, 0.3) is 0 Å². The number of hydrogen-bond donors (Lipinski definition) is 3. The Bertz CT molecular complexity index is 440. The molecular formula is C18H28O4. The standard InChI is InChI=1S/C18H28O4/c1-12-6-7-13-4-2-3-5-17(13)16(12)9-8-14(19)10-15(20)11-18(21)22/h4,6-7,12,14-17,19-20H,2-3,5,8-11H2,1H3,(H,21,22)/t12-,14+,15+,16-,17-/m0/s1. The first-order valence-corrected chi connectivity index (χ1v) is 8.43. The van der Waals surface area contributed by atoms with Crippen molar-refractivity contribution in [3.63, 3.8) is 0 Å². The van der Waals surface area contributed by atoms with Gasteiger partial charge in [-0.15, -0.1) is 0 Å². The van der Waals surface area contributed by atoms with Crippen molar-refractivity contribution in [3.05, 3.63) is 23.8 Å². The summed E-state index contributed by atoms with van der Waals surface area (Å²) in [5, 5.41) is 28.3. The monoisotopic (exact) mass is 308 g/mol. The van der Waals surface area contributed by atoms with Crippen LogP contribution in [0.2, 0.25) is 0 Å². The van der Waals surface area contributed by atoms with E-state index in [2.05, 4.69) is 25.2 Å². The Labute approximate surface area is 132 Å². The minimum Gasteiger partial charge on any atom is -0.481 e. The van der Waals surface area contributed by atoms with E-state index in [9.17, 15) is 15.0 Å². The average Bonchev–Trinajstić information content (AvgIpc) is 2.45. The highest BCUT2D eigenvalue weighted by atomic mass is 16.4. The van der Waals surface area contributed by atoms with Crippen LogP contribution in [0.15, 0.2) is 23.8 Å². The summed E-state index contributed by atoms with van der Waals surface area (Å²) < 4.78 is 0. The lowest BCUT2D eigenvalue weighted by Crippen LogP contribution is -2.29. The molecule has 5 atom stereocenters. The molecule has 22 heavy (non-hydrogen) atoms. The molecule has 3 N–H and O–H groups in total. The van der Waals surface area contributed by atoms with E-state index in [1.54, 1.807) is 0 Å². The van der Waals surface area contributed by atoms with Gasteiger partial charge in [0, 0.05) is 0 Å². The van der Waals surface area contributed by atoms with Gasteiger partial charge in [-0.05, 0) is 61.9 Å². The van der Waals surface area contributed by atoms with Crippen LogP contribution in [0.4, 0.5) is 0 Å². The van der Waals surface area contributed by atoms with Crippen LogP contribution < -0.4 is 0 Å². The molecule has 0 fully saturated rings. The first-order chi connectivity index (χ1) is 10.5. The number of carboxylic acids is 1. The molecule has 0 aromatic carbocycles. The van der Waals surface area contributed by atoms with Crippen molar-refractivity contribution < 1.29 is 20.1 Å². The van der Waals surface area contributed by atoms with Crippen molar-refractivity contribution in [2.75, 3.05) is 0 Å². The van der Waals surface area contributed by atoms with E-state index in [1.807, 2.05) is 0 Å². The molecule has 4 nitrogen and oxygen atoms in total. The van der Waals surface area contributed by atoms with Gasteiger partial charge < -0.3 is 15.3 Å². The molecule has 0 aromatic heterocycles. The molecular weight excluding hydrogens is 280 g/mol. The van der Waals surface area contributed by atoms with Gasteiger partial charge in [-0.3, -0.25) is 4.79 Å². The number of aliphatic hydroxyl groups excluding tert-OH is 2. The number of aliphatic hydroxyl groups is 2. The predicted octanol–water partition coefficient (Wildman–Crippen LogP) is 2.90. The van der Waals surface area contributed by atoms with Crippen molar-refractivity contribution in [2.24, 2.45) is 17.8 Å². The van der Waals surface area contributed by atoms with Gasteiger partial charge in [0.2, 0.25) is 0 Å². The van der Waals surface area contributed by atoms with Crippen molar-refractivity contribution >= 4 is 5.97 Å². The molecule has 0 aromatic rings. The van der Waals surface area contributed by atoms with Crippen molar-refractivity contribution in [2.45, 2.75) is 64.1 Å². The first-order valence-electron chi connectivity index (χ1n) is 8.43. The fourth-order valence-electron chi connectivity index (χ4n) is 3.92. The maximum absolute atomic E-state index is 10.5. The second-order valence-electron chi connectivity index (χ2n) is 6.84. The van der Waals surface area contributed by atoms with Crippen LogP contribution in [0.3, 0.4) is 0 Å². The molecule has 2 aliphatic carbocycles. The summed E-state index contributed by atoms with van der Waals surface area (Å²) in [6.07, 6.45) is 10.3. The van der Waals surface area contributed by atoms with Gasteiger partial charge in [0.05, 0.1) is 18.6 Å². The summed E-state index contributed by atoms with van der Waals surface area (Å²) in [5.41, 5.74) is 1.45. The van der Waals surface area contributed by atoms with Gasteiger partial charge >= 0.3 is 5.97 Å². The smallest absolute Gasteiger partial charge is 0.305 e. The normalized spacial score (nSPS) is 30.3. The molecule has 4 heteroatoms. The molecule has 0 bridgehead atoms. The highest BCUT2D eigenvalue weighted by Gasteiger charge is 2.32. The minimum atomic E-state index is -1.03. The van der Waals surface area contributed by atoms with E-state index in [0.29, 0.717) is 24.2 Å². The van der Waals surface area contributed by atoms with Gasteiger partial charge in [-0.1, -0.05) is 25.2 Å². The van der Waals surface area contributed by atoms with E-state index in [1.165, 1.54) is 24.8 Å². The molecule has 0 unspecified atom stereocenters. The van der Waals surface area contributed by atoms with E-state index >= 15 is 0 Å². The predicted molar refractivity (Wildman–Crippen MR) is 85.3 cm³/mol. The summed E-state index contributed by atoms with van der Waals surface area (Å²) in [7, 11) is 0. The summed E-state index contributed by atoms with van der Waals surface area (Å²) in [6, 6.07) is 0. The third-order valence-corrected chi connectivity index (χ3v) is 5.10. The topological polar surface area (TPSA) is 77.8 Å². The summed E-state index contributed by atoms with van der Waals surface area (Å²) >= 11 is 0. The third-order valence-electron chi connectivity index (χ3n) is 5.10. The fourth-order valence-corrected chi connectivity index (χ4v) is 3.92. The maximum Gasteiger partial charge on any atom is 0.305 e. The number of aliphatic carboxylic acids is 1. The van der Waals surface area contributed by atoms with Crippen LogP contribution in [0.25, 0.3) is 0 Å². The number of carbonyl (C=O) groups is 1. The molecule has 0 spiro atoms. The lowest BCUT2D eigenvalue weighted by molar-refractivity contribution is -0.139. The molecule has 2 rings (SSSR count). The van der Waals surface area contributed by atoms with Gasteiger partial charge in [0.15, 0.2) is 0 Å². The highest BCUT2D eigenvalue weighted by molar-refractivity contribution is 5.67. The van der Waals surface area contributed by atoms with E-state index in [-0.39, 0.29) is 12.8 Å². The number of hydrogen-bond acceptors (Lipinski definition) is 3. The van der Waals surface area contributed by atoms with Crippen LogP contribution >= 0.6 is 0 Å². The number of rotatable bonds is 7. The largest absolute Gasteiger partial charge is 0.481 e. The zero-order valence-electron chi connectivity index (χ0n) is 13.3. The molecule has 0 amide bonds. The van der Waals surface area contributed by atoms with Gasteiger partial charge in [0.1, 0.15) is 0 Å². The number of carboxylic acid groups (broad SMARTS) is 1. The molecule has 0 saturated carbocycles. The van der Waals surface area contributed by atoms with Crippen LogP contribution in [0.5, 0.6) is 0 Å². The third kappa shape index (κ3) is 4.68. The van der Waals surface area contributed by atoms with Crippen molar-refractivity contribution in [1.29, 1.82) is 0 Å². The second kappa shape index (κ2) is 7.93. The van der Waals surface area contributed by atoms with Crippen LogP contribution in [-0.4, -0.2) is 33.5 Å². The molecule has 0 saturated heterocycles. The van der Waals surface area contributed by atoms with E-state index in [0.717, 1.165) is 6.42 Å². The lowest BCUT2D eigenvalue weighted by Gasteiger charge is -2.37. The fraction of sp³-hybridized carbons (Fsp3) is 0.722. The zero-order chi connectivity index (χ0) is 16.1. The average molecular weight is 308 g/mol. The Morgan fingerprint density at radius 2 is 2.14 bits per heavy atom. The second-order valence-corrected chi connectivity index (χ2v) is 6.84. The van der Waals surface area contributed by atoms with Gasteiger partial charge in [-0.25, -0.2) is 0 Å². The van der Waals surface area contributed by atoms with Crippen LogP contribution in [0, 0.1) is 17.8 Å². The molecule has 0 aliphatic heterocycles. The SMILES string of the molecule is C[C@H]1C=CC2=CCCC[C@@H]2[C@H]1CC[C@@H](O)C[C@@H](O)CC(=O)O. The Balaban J connectivity index is 1.84. The lowest BCUT2D eigenvalue weighted by atomic mass is 9.68. The number of allylic oxidation sites excluding steroid dienone is 4. The Hall–Kier alpha value is -1.13. The van der Waals surface area contributed by atoms with Crippen molar-refractivity contribution in [3.8, 4) is 0 Å². The molecule has 124 valence electrons. The van der Waals surface area contributed by atoms with Crippen molar-refractivity contribution in [1.82, 2.24) is 0 Å². The minimum absolute atomic E-state index is 0.149. The van der Waals surface area contributed by atoms with Crippen LogP contribution in [0.1, 0.15) is 51.9 Å². The molecule has 2 aliphatic rings. The summed E-state index contributed by atoms with van der Waals surface area (Å²) in [6.45, 7) is 2.23. The Morgan fingerprint density at radius 3 is 2.86 bits per heavy atom. The highest BCUT2D eigenvalue weighted by Crippen LogP contribution is 2.42. The molecule has 0 heterocycles. The summed E-state index contributed by atoms with van der Waals surface area (Å²) in [4.78, 5) is 10.5. The van der Waals surface area contributed by atoms with E-state index in [4.69, 9.17) is 5.11 Å². The quantitative estimate of drug-likeness (QED) is 0.676. The first kappa shape index (κ1) is 17.2. The number of fused-ring (bicyclic) bond motifs is 1.